The predicted octanol–water partition coefficient (Wildman–Crippen LogP) is 2.03. The summed E-state index contributed by atoms with van der Waals surface area (Å²) >= 11 is 1.66. The molecule has 1 aliphatic heterocycles. The summed E-state index contributed by atoms with van der Waals surface area (Å²) in [6.45, 7) is 1.94. The molecule has 0 spiro atoms. The summed E-state index contributed by atoms with van der Waals surface area (Å²) in [7, 11) is 0. The zero-order valence-corrected chi connectivity index (χ0v) is 13.6. The largest absolute Gasteiger partial charge is 0.485 e. The number of nitrogens with one attached hydrogen (secondary N) is 1. The Balaban J connectivity index is 1.96. The Morgan fingerprint density at radius 3 is 3.09 bits per heavy atom. The molecule has 2 atom stereocenters. The second-order valence-electron chi connectivity index (χ2n) is 5.06. The van der Waals surface area contributed by atoms with Crippen LogP contribution in [0.25, 0.3) is 6.08 Å². The highest BCUT2D eigenvalue weighted by Crippen LogP contribution is 2.28. The number of nitrogens with two attached hydrogens (primary N) is 1. The van der Waals surface area contributed by atoms with Gasteiger partial charge in [0.15, 0.2) is 0 Å². The summed E-state index contributed by atoms with van der Waals surface area (Å²) in [6, 6.07) is 7.28. The lowest BCUT2D eigenvalue weighted by molar-refractivity contribution is -0.122. The van der Waals surface area contributed by atoms with Crippen molar-refractivity contribution >= 4 is 30.0 Å². The fourth-order valence-electron chi connectivity index (χ4n) is 2.03. The Labute approximate surface area is 135 Å². The van der Waals surface area contributed by atoms with Gasteiger partial charge in [0.2, 0.25) is 0 Å². The molecule has 118 valence electrons. The summed E-state index contributed by atoms with van der Waals surface area (Å²) < 4.78 is 5.80. The number of benzene rings is 1. The maximum atomic E-state index is 11.8. The van der Waals surface area contributed by atoms with E-state index in [1.54, 1.807) is 18.0 Å². The van der Waals surface area contributed by atoms with Crippen molar-refractivity contribution in [2.45, 2.75) is 25.5 Å². The molecule has 2 rings (SSSR count). The monoisotopic (exact) mass is 319 g/mol. The van der Waals surface area contributed by atoms with Crippen molar-refractivity contribution in [3.8, 4) is 5.75 Å². The maximum Gasteiger partial charge on any atom is 0.256 e. The zero-order valence-electron chi connectivity index (χ0n) is 12.8. The minimum atomic E-state index is -0.528. The first-order valence-electron chi connectivity index (χ1n) is 7.16. The molecule has 0 unspecified atom stereocenters. The van der Waals surface area contributed by atoms with Gasteiger partial charge >= 0.3 is 0 Å². The van der Waals surface area contributed by atoms with E-state index in [1.807, 2.05) is 43.5 Å². The highest BCUT2D eigenvalue weighted by molar-refractivity contribution is 7.98. The Morgan fingerprint density at radius 1 is 1.55 bits per heavy atom. The third-order valence-electron chi connectivity index (χ3n) is 3.37. The molecule has 0 saturated heterocycles. The molecule has 3 N–H and O–H groups in total. The first kappa shape index (κ1) is 16.6. The third kappa shape index (κ3) is 4.35. The van der Waals surface area contributed by atoms with Gasteiger partial charge in [0.1, 0.15) is 11.9 Å². The Kier molecular flexibility index (Phi) is 6.03. The molecule has 0 saturated carbocycles. The van der Waals surface area contributed by atoms with Crippen LogP contribution in [0, 0.1) is 0 Å². The number of nitrogens with zero attached hydrogens (tertiary/aromatic N) is 1. The molecule has 1 amide bonds. The van der Waals surface area contributed by atoms with Gasteiger partial charge < -0.3 is 10.5 Å². The summed E-state index contributed by atoms with van der Waals surface area (Å²) in [4.78, 5) is 11.8. The van der Waals surface area contributed by atoms with Crippen molar-refractivity contribution in [1.29, 1.82) is 0 Å². The van der Waals surface area contributed by atoms with Crippen molar-refractivity contribution in [3.63, 3.8) is 0 Å². The van der Waals surface area contributed by atoms with E-state index in [2.05, 4.69) is 10.5 Å². The van der Waals surface area contributed by atoms with Crippen LogP contribution >= 0.6 is 11.8 Å². The van der Waals surface area contributed by atoms with Crippen molar-refractivity contribution in [2.75, 3.05) is 12.0 Å². The molecule has 22 heavy (non-hydrogen) atoms. The molecular formula is C16H21N3O2S. The van der Waals surface area contributed by atoms with Crippen molar-refractivity contribution in [2.24, 2.45) is 10.8 Å². The molecular weight excluding hydrogens is 298 g/mol. The van der Waals surface area contributed by atoms with Gasteiger partial charge in [-0.05, 0) is 37.5 Å². The van der Waals surface area contributed by atoms with E-state index >= 15 is 0 Å². The molecule has 6 heteroatoms. The molecule has 5 nitrogen and oxygen atoms in total. The maximum absolute atomic E-state index is 11.8. The number of hydrogen-bond donors (Lipinski definition) is 2. The van der Waals surface area contributed by atoms with Gasteiger partial charge in [0.25, 0.3) is 5.91 Å². The lowest BCUT2D eigenvalue weighted by Crippen LogP contribution is -2.38. The molecule has 0 radical (unpaired) electrons. The molecule has 1 heterocycles. The van der Waals surface area contributed by atoms with Crippen LogP contribution in [0.3, 0.4) is 0 Å². The number of thioether (sulfide) groups is 1. The quantitative estimate of drug-likeness (QED) is 0.621. The van der Waals surface area contributed by atoms with E-state index in [-0.39, 0.29) is 12.0 Å². The number of carbonyl (C=O) groups excluding carboxylic acids is 1. The average Bonchev–Trinajstić information content (AvgIpc) is 2.52. The first-order valence-corrected chi connectivity index (χ1v) is 8.56. The van der Waals surface area contributed by atoms with E-state index in [0.717, 1.165) is 22.6 Å². The highest BCUT2D eigenvalue weighted by Gasteiger charge is 2.17. The minimum absolute atomic E-state index is 0.110. The summed E-state index contributed by atoms with van der Waals surface area (Å²) in [5, 5.41) is 3.99. The van der Waals surface area contributed by atoms with Crippen LogP contribution in [-0.4, -0.2) is 36.3 Å². The lowest BCUT2D eigenvalue weighted by Gasteiger charge is -2.22. The predicted molar refractivity (Wildman–Crippen MR) is 92.1 cm³/mol. The third-order valence-corrected chi connectivity index (χ3v) is 4.02. The van der Waals surface area contributed by atoms with Crippen LogP contribution in [0.2, 0.25) is 0 Å². The van der Waals surface area contributed by atoms with E-state index < -0.39 is 6.04 Å². The van der Waals surface area contributed by atoms with Crippen LogP contribution in [0.4, 0.5) is 0 Å². The van der Waals surface area contributed by atoms with Gasteiger partial charge in [-0.2, -0.15) is 16.9 Å². The smallest absolute Gasteiger partial charge is 0.256 e. The number of ether oxygens (including phenoxy) is 1. The van der Waals surface area contributed by atoms with Crippen molar-refractivity contribution in [3.05, 3.63) is 35.4 Å². The molecule has 0 bridgehead atoms. The number of fused-ring (bicyclic) bond motifs is 1. The van der Waals surface area contributed by atoms with E-state index in [9.17, 15) is 4.79 Å². The van der Waals surface area contributed by atoms with Gasteiger partial charge in [0, 0.05) is 11.1 Å². The fourth-order valence-corrected chi connectivity index (χ4v) is 2.52. The Hall–Kier alpha value is -1.79. The van der Waals surface area contributed by atoms with E-state index in [1.165, 1.54) is 0 Å². The average molecular weight is 319 g/mol. The van der Waals surface area contributed by atoms with Gasteiger partial charge in [-0.25, -0.2) is 5.43 Å². The molecule has 0 aromatic heterocycles. The summed E-state index contributed by atoms with van der Waals surface area (Å²) in [5.74, 6) is 1.44. The number of carbonyl (C=O) groups is 1. The number of amides is 1. The second kappa shape index (κ2) is 8.00. The normalized spacial score (nSPS) is 18.3. The Morgan fingerprint density at radius 2 is 2.32 bits per heavy atom. The number of hydrazone groups is 1. The van der Waals surface area contributed by atoms with Gasteiger partial charge in [-0.1, -0.05) is 18.2 Å². The van der Waals surface area contributed by atoms with E-state index in [0.29, 0.717) is 6.42 Å². The van der Waals surface area contributed by atoms with Crippen molar-refractivity contribution in [1.82, 2.24) is 5.43 Å². The summed E-state index contributed by atoms with van der Waals surface area (Å²) in [5.41, 5.74) is 10.2. The number of hydrogen-bond acceptors (Lipinski definition) is 5. The van der Waals surface area contributed by atoms with Crippen LogP contribution in [0.15, 0.2) is 34.9 Å². The minimum Gasteiger partial charge on any atom is -0.485 e. The SMILES string of the molecule is CSCC[C@@H](N)C(=O)N/N=C\C1=Cc2ccccc2O[C@@H]1C. The molecule has 1 aliphatic rings. The fraction of sp³-hybridized carbons (Fsp3) is 0.375. The lowest BCUT2D eigenvalue weighted by atomic mass is 10.0. The Bertz CT molecular complexity index is 587. The van der Waals surface area contributed by atoms with Gasteiger partial charge in [0.05, 0.1) is 12.3 Å². The van der Waals surface area contributed by atoms with Crippen LogP contribution in [0.5, 0.6) is 5.75 Å². The van der Waals surface area contributed by atoms with Crippen LogP contribution in [0.1, 0.15) is 18.9 Å². The molecule has 1 aromatic carbocycles. The van der Waals surface area contributed by atoms with Crippen molar-refractivity contribution < 1.29 is 9.53 Å². The zero-order chi connectivity index (χ0) is 15.9. The molecule has 0 fully saturated rings. The van der Waals surface area contributed by atoms with E-state index in [4.69, 9.17) is 10.5 Å². The van der Waals surface area contributed by atoms with Crippen LogP contribution in [-0.2, 0) is 4.79 Å². The number of para-hydroxylation sites is 1. The number of rotatable bonds is 6. The topological polar surface area (TPSA) is 76.7 Å². The molecule has 0 aliphatic carbocycles. The second-order valence-corrected chi connectivity index (χ2v) is 6.05. The first-order chi connectivity index (χ1) is 10.6. The standard InChI is InChI=1S/C16H21N3O2S/c1-11-13(9-12-5-3-4-6-15(12)21-11)10-18-19-16(20)14(17)7-8-22-2/h3-6,9-11,14H,7-8,17H2,1-2H3,(H,19,20)/b18-10-/t11-,14-/m1/s1. The van der Waals surface area contributed by atoms with Gasteiger partial charge in [-0.15, -0.1) is 0 Å². The highest BCUT2D eigenvalue weighted by atomic mass is 32.2. The summed E-state index contributed by atoms with van der Waals surface area (Å²) in [6.07, 6.45) is 6.13. The van der Waals surface area contributed by atoms with Gasteiger partial charge in [-0.3, -0.25) is 4.79 Å². The molecule has 1 aromatic rings. The van der Waals surface area contributed by atoms with Crippen LogP contribution < -0.4 is 15.9 Å².